The summed E-state index contributed by atoms with van der Waals surface area (Å²) in [5.74, 6) is -0.633. The molecule has 0 spiro atoms. The van der Waals surface area contributed by atoms with Crippen LogP contribution in [-0.2, 0) is 14.3 Å². The fraction of sp³-hybridized carbons (Fsp3) is 0.600. The van der Waals surface area contributed by atoms with Crippen LogP contribution >= 0.6 is 0 Å². The molecule has 0 amide bonds. The van der Waals surface area contributed by atoms with Crippen LogP contribution in [-0.4, -0.2) is 11.9 Å². The van der Waals surface area contributed by atoms with Crippen LogP contribution in [0.15, 0.2) is 12.7 Å². The Morgan fingerprint density at radius 3 is 2.62 bits per heavy atom. The molecule has 0 aromatic heterocycles. The van der Waals surface area contributed by atoms with Gasteiger partial charge in [-0.1, -0.05) is 6.08 Å². The average Bonchev–Trinajstić information content (AvgIpc) is 2.42. The van der Waals surface area contributed by atoms with Crippen LogP contribution in [0.2, 0.25) is 0 Å². The van der Waals surface area contributed by atoms with Gasteiger partial charge in [0.1, 0.15) is 0 Å². The molecule has 1 saturated carbocycles. The summed E-state index contributed by atoms with van der Waals surface area (Å²) in [5, 5.41) is 0. The maximum atomic E-state index is 11.2. The van der Waals surface area contributed by atoms with Gasteiger partial charge in [-0.2, -0.15) is 0 Å². The Bertz CT molecular complexity index is 269. The van der Waals surface area contributed by atoms with Gasteiger partial charge in [-0.15, -0.1) is 6.58 Å². The molecule has 3 unspecified atom stereocenters. The van der Waals surface area contributed by atoms with Gasteiger partial charge < -0.3 is 4.74 Å². The van der Waals surface area contributed by atoms with E-state index in [-0.39, 0.29) is 23.8 Å². The second kappa shape index (κ2) is 2.98. The maximum Gasteiger partial charge on any atom is 0.317 e. The van der Waals surface area contributed by atoms with E-state index in [1.807, 2.05) is 6.08 Å². The van der Waals surface area contributed by atoms with Crippen molar-refractivity contribution in [3.8, 4) is 0 Å². The van der Waals surface area contributed by atoms with Crippen molar-refractivity contribution in [3.63, 3.8) is 0 Å². The molecular formula is C10H12O3. The van der Waals surface area contributed by atoms with Crippen molar-refractivity contribution in [2.24, 2.45) is 17.8 Å². The Kier molecular flexibility index (Phi) is 1.94. The molecule has 0 bridgehead atoms. The van der Waals surface area contributed by atoms with Gasteiger partial charge in [0, 0.05) is 0 Å². The van der Waals surface area contributed by atoms with Gasteiger partial charge in [-0.3, -0.25) is 9.59 Å². The molecule has 0 aromatic rings. The molecule has 3 nitrogen and oxygen atoms in total. The van der Waals surface area contributed by atoms with E-state index in [4.69, 9.17) is 0 Å². The molecule has 2 fully saturated rings. The maximum absolute atomic E-state index is 11.2. The monoisotopic (exact) mass is 180 g/mol. The quantitative estimate of drug-likeness (QED) is 0.347. The van der Waals surface area contributed by atoms with E-state index in [0.29, 0.717) is 5.92 Å². The molecule has 13 heavy (non-hydrogen) atoms. The molecule has 1 saturated heterocycles. The standard InChI is InChI=1S/C10H12O3/c1-2-6-3-4-7-8(5-6)10(12)13-9(7)11/h2,6-8H,1,3-5H2. The van der Waals surface area contributed by atoms with E-state index in [1.165, 1.54) is 0 Å². The number of esters is 2. The summed E-state index contributed by atoms with van der Waals surface area (Å²) in [6.07, 6.45) is 4.32. The van der Waals surface area contributed by atoms with Crippen molar-refractivity contribution < 1.29 is 14.3 Å². The molecule has 0 radical (unpaired) electrons. The highest BCUT2D eigenvalue weighted by atomic mass is 16.6. The Balaban J connectivity index is 2.14. The number of rotatable bonds is 1. The summed E-state index contributed by atoms with van der Waals surface area (Å²) in [6.45, 7) is 3.71. The molecule has 0 aromatic carbocycles. The first kappa shape index (κ1) is 8.48. The zero-order valence-corrected chi connectivity index (χ0v) is 7.36. The highest BCUT2D eigenvalue weighted by molar-refractivity contribution is 5.96. The van der Waals surface area contributed by atoms with Crippen LogP contribution in [0.5, 0.6) is 0 Å². The molecule has 2 aliphatic rings. The lowest BCUT2D eigenvalue weighted by Crippen LogP contribution is -2.26. The Hall–Kier alpha value is -1.12. The predicted octanol–water partition coefficient (Wildman–Crippen LogP) is 1.29. The summed E-state index contributed by atoms with van der Waals surface area (Å²) in [7, 11) is 0. The van der Waals surface area contributed by atoms with Crippen molar-refractivity contribution >= 4 is 11.9 Å². The van der Waals surface area contributed by atoms with Gasteiger partial charge in [-0.25, -0.2) is 0 Å². The molecule has 1 heterocycles. The van der Waals surface area contributed by atoms with Crippen LogP contribution in [0.1, 0.15) is 19.3 Å². The molecule has 2 rings (SSSR count). The largest absolute Gasteiger partial charge is 0.393 e. The van der Waals surface area contributed by atoms with Crippen LogP contribution in [0.3, 0.4) is 0 Å². The smallest absolute Gasteiger partial charge is 0.317 e. The van der Waals surface area contributed by atoms with Crippen LogP contribution in [0.4, 0.5) is 0 Å². The van der Waals surface area contributed by atoms with Gasteiger partial charge in [-0.05, 0) is 25.2 Å². The summed E-state index contributed by atoms with van der Waals surface area (Å²) in [6, 6.07) is 0. The number of hydrogen-bond donors (Lipinski definition) is 0. The lowest BCUT2D eigenvalue weighted by atomic mass is 9.75. The third-order valence-corrected chi connectivity index (χ3v) is 3.03. The third kappa shape index (κ3) is 1.28. The molecule has 3 heteroatoms. The van der Waals surface area contributed by atoms with Gasteiger partial charge >= 0.3 is 11.9 Å². The fourth-order valence-corrected chi connectivity index (χ4v) is 2.21. The minimum atomic E-state index is -0.332. The Labute approximate surface area is 76.8 Å². The number of carbonyl (C=O) groups is 2. The molecule has 1 aliphatic carbocycles. The fourth-order valence-electron chi connectivity index (χ4n) is 2.21. The SMILES string of the molecule is C=CC1CCC2C(=O)OC(=O)C2C1. The summed E-state index contributed by atoms with van der Waals surface area (Å²) in [5.41, 5.74) is 0. The Morgan fingerprint density at radius 1 is 1.23 bits per heavy atom. The number of hydrogen-bond acceptors (Lipinski definition) is 3. The van der Waals surface area contributed by atoms with Crippen molar-refractivity contribution in [3.05, 3.63) is 12.7 Å². The number of fused-ring (bicyclic) bond motifs is 1. The minimum absolute atomic E-state index is 0.163. The molecule has 1 aliphatic heterocycles. The third-order valence-electron chi connectivity index (χ3n) is 3.03. The molecule has 70 valence electrons. The first-order chi connectivity index (χ1) is 6.22. The van der Waals surface area contributed by atoms with Crippen LogP contribution < -0.4 is 0 Å². The lowest BCUT2D eigenvalue weighted by Gasteiger charge is -2.24. The lowest BCUT2D eigenvalue weighted by molar-refractivity contribution is -0.153. The van der Waals surface area contributed by atoms with E-state index in [9.17, 15) is 9.59 Å². The van der Waals surface area contributed by atoms with Crippen LogP contribution in [0.25, 0.3) is 0 Å². The normalized spacial score (nSPS) is 38.3. The second-order valence-electron chi connectivity index (χ2n) is 3.76. The van der Waals surface area contributed by atoms with Crippen LogP contribution in [0, 0.1) is 17.8 Å². The van der Waals surface area contributed by atoms with Gasteiger partial charge in [0.15, 0.2) is 0 Å². The molecule has 0 N–H and O–H groups in total. The van der Waals surface area contributed by atoms with Crippen molar-refractivity contribution in [2.45, 2.75) is 19.3 Å². The topological polar surface area (TPSA) is 43.4 Å². The second-order valence-corrected chi connectivity index (χ2v) is 3.76. The zero-order valence-electron chi connectivity index (χ0n) is 7.36. The highest BCUT2D eigenvalue weighted by Gasteiger charge is 2.46. The van der Waals surface area contributed by atoms with E-state index in [0.717, 1.165) is 19.3 Å². The molecule has 3 atom stereocenters. The van der Waals surface area contributed by atoms with E-state index in [1.54, 1.807) is 0 Å². The highest BCUT2D eigenvalue weighted by Crippen LogP contribution is 2.39. The minimum Gasteiger partial charge on any atom is -0.393 e. The predicted molar refractivity (Wildman–Crippen MR) is 45.6 cm³/mol. The van der Waals surface area contributed by atoms with Gasteiger partial charge in [0.25, 0.3) is 0 Å². The van der Waals surface area contributed by atoms with E-state index < -0.39 is 0 Å². The van der Waals surface area contributed by atoms with E-state index in [2.05, 4.69) is 11.3 Å². The number of cyclic esters (lactones) is 2. The van der Waals surface area contributed by atoms with Crippen molar-refractivity contribution in [1.29, 1.82) is 0 Å². The first-order valence-electron chi connectivity index (χ1n) is 4.60. The Morgan fingerprint density at radius 2 is 1.92 bits per heavy atom. The number of allylic oxidation sites excluding steroid dienone is 1. The number of carbonyl (C=O) groups excluding carboxylic acids is 2. The van der Waals surface area contributed by atoms with E-state index >= 15 is 0 Å². The van der Waals surface area contributed by atoms with Gasteiger partial charge in [0.05, 0.1) is 11.8 Å². The zero-order chi connectivity index (χ0) is 9.42. The summed E-state index contributed by atoms with van der Waals surface area (Å²) >= 11 is 0. The van der Waals surface area contributed by atoms with Gasteiger partial charge in [0.2, 0.25) is 0 Å². The van der Waals surface area contributed by atoms with Crippen molar-refractivity contribution in [1.82, 2.24) is 0 Å². The van der Waals surface area contributed by atoms with Crippen molar-refractivity contribution in [2.75, 3.05) is 0 Å². The molecular weight excluding hydrogens is 168 g/mol. The summed E-state index contributed by atoms with van der Waals surface area (Å²) < 4.78 is 4.59. The average molecular weight is 180 g/mol. The summed E-state index contributed by atoms with van der Waals surface area (Å²) in [4.78, 5) is 22.3. The number of ether oxygens (including phenoxy) is 1. The first-order valence-corrected chi connectivity index (χ1v) is 4.60.